The van der Waals surface area contributed by atoms with Crippen LogP contribution >= 0.6 is 0 Å². The molecule has 1 aliphatic rings. The topological polar surface area (TPSA) is 70.2 Å². The van der Waals surface area contributed by atoms with Crippen LogP contribution in [-0.4, -0.2) is 77.0 Å². The molecular weight excluding hydrogens is 334 g/mol. The minimum absolute atomic E-state index is 0.0357. The van der Waals surface area contributed by atoms with Crippen LogP contribution in [0.15, 0.2) is 12.7 Å². The Morgan fingerprint density at radius 1 is 1.23 bits per heavy atom. The van der Waals surface area contributed by atoms with Crippen LogP contribution in [0, 0.1) is 0 Å². The van der Waals surface area contributed by atoms with Crippen molar-refractivity contribution in [2.45, 2.75) is 59.1 Å². The third-order valence-electron chi connectivity index (χ3n) is 4.27. The Bertz CT molecular complexity index is 527. The van der Waals surface area contributed by atoms with Gasteiger partial charge in [-0.25, -0.2) is 4.79 Å². The molecule has 0 radical (unpaired) electrons. The van der Waals surface area contributed by atoms with E-state index < -0.39 is 5.60 Å². The van der Waals surface area contributed by atoms with E-state index in [1.165, 1.54) is 11.0 Å². The van der Waals surface area contributed by atoms with E-state index in [1.807, 2.05) is 27.7 Å². The minimum Gasteiger partial charge on any atom is -0.444 e. The molecule has 0 aromatic rings. The second-order valence-corrected chi connectivity index (χ2v) is 7.51. The van der Waals surface area contributed by atoms with Crippen LogP contribution < -0.4 is 0 Å². The Balaban J connectivity index is 2.78. The van der Waals surface area contributed by atoms with Crippen molar-refractivity contribution in [3.05, 3.63) is 12.7 Å². The second kappa shape index (κ2) is 9.59. The lowest BCUT2D eigenvalue weighted by Crippen LogP contribution is -2.58. The molecule has 1 saturated heterocycles. The molecule has 0 aromatic heterocycles. The summed E-state index contributed by atoms with van der Waals surface area (Å²) in [5.74, 6) is -0.343. The molecule has 1 atom stereocenters. The molecule has 0 N–H and O–H groups in total. The lowest BCUT2D eigenvalue weighted by Gasteiger charge is -2.42. The fourth-order valence-electron chi connectivity index (χ4n) is 2.99. The van der Waals surface area contributed by atoms with E-state index in [9.17, 15) is 14.4 Å². The maximum atomic E-state index is 12.7. The summed E-state index contributed by atoms with van der Waals surface area (Å²) < 4.78 is 5.45. The first kappa shape index (κ1) is 22.0. The molecule has 3 amide bonds. The highest BCUT2D eigenvalue weighted by molar-refractivity contribution is 5.91. The van der Waals surface area contributed by atoms with Gasteiger partial charge < -0.3 is 19.4 Å². The zero-order valence-corrected chi connectivity index (χ0v) is 16.8. The average Bonchev–Trinajstić information content (AvgIpc) is 2.57. The van der Waals surface area contributed by atoms with E-state index >= 15 is 0 Å². The van der Waals surface area contributed by atoms with Crippen LogP contribution in [0.3, 0.4) is 0 Å². The van der Waals surface area contributed by atoms with Gasteiger partial charge in [0.1, 0.15) is 12.1 Å². The molecule has 1 rings (SSSR count). The third-order valence-corrected chi connectivity index (χ3v) is 4.27. The standard InChI is InChI=1S/C19H33N3O4/c1-7-10-15-13-21(18(25)26-19(4,5)6)11-12-22(15)17(24)14-20(9-3)16(23)8-2/h8,15H,2,7,9-14H2,1,3-6H3. The zero-order valence-electron chi connectivity index (χ0n) is 16.8. The molecule has 0 bridgehead atoms. The molecule has 1 aliphatic heterocycles. The van der Waals surface area contributed by atoms with Crippen molar-refractivity contribution in [1.29, 1.82) is 0 Å². The zero-order chi connectivity index (χ0) is 19.9. The first-order chi connectivity index (χ1) is 12.1. The van der Waals surface area contributed by atoms with Crippen LogP contribution in [0.4, 0.5) is 4.79 Å². The van der Waals surface area contributed by atoms with Gasteiger partial charge >= 0.3 is 6.09 Å². The SMILES string of the molecule is C=CC(=O)N(CC)CC(=O)N1CCN(C(=O)OC(C)(C)C)CC1CCC. The van der Waals surface area contributed by atoms with Gasteiger partial charge in [0.25, 0.3) is 0 Å². The van der Waals surface area contributed by atoms with E-state index in [4.69, 9.17) is 4.74 Å². The van der Waals surface area contributed by atoms with Gasteiger partial charge in [-0.1, -0.05) is 19.9 Å². The van der Waals surface area contributed by atoms with E-state index in [1.54, 1.807) is 9.80 Å². The fourth-order valence-corrected chi connectivity index (χ4v) is 2.99. The van der Waals surface area contributed by atoms with Crippen LogP contribution in [0.2, 0.25) is 0 Å². The van der Waals surface area contributed by atoms with Crippen molar-refractivity contribution < 1.29 is 19.1 Å². The number of likely N-dealkylation sites (N-methyl/N-ethyl adjacent to an activating group) is 1. The molecule has 0 aliphatic carbocycles. The number of hydrogen-bond donors (Lipinski definition) is 0. The molecule has 148 valence electrons. The molecule has 7 heteroatoms. The average molecular weight is 367 g/mol. The Kier molecular flexibility index (Phi) is 8.11. The van der Waals surface area contributed by atoms with Crippen LogP contribution in [-0.2, 0) is 14.3 Å². The fraction of sp³-hybridized carbons (Fsp3) is 0.737. The third kappa shape index (κ3) is 6.35. The van der Waals surface area contributed by atoms with Gasteiger partial charge in [0.15, 0.2) is 0 Å². The Labute approximate surface area is 156 Å². The van der Waals surface area contributed by atoms with E-state index in [-0.39, 0.29) is 30.5 Å². The number of carbonyl (C=O) groups is 3. The number of piperazine rings is 1. The number of ether oxygens (including phenoxy) is 1. The Morgan fingerprint density at radius 3 is 2.38 bits per heavy atom. The molecule has 7 nitrogen and oxygen atoms in total. The summed E-state index contributed by atoms with van der Waals surface area (Å²) in [6, 6.07) is -0.0636. The number of amides is 3. The smallest absolute Gasteiger partial charge is 0.410 e. The van der Waals surface area contributed by atoms with Gasteiger partial charge in [-0.05, 0) is 40.2 Å². The largest absolute Gasteiger partial charge is 0.444 e. The number of hydrogen-bond acceptors (Lipinski definition) is 4. The summed E-state index contributed by atoms with van der Waals surface area (Å²) in [5, 5.41) is 0. The van der Waals surface area contributed by atoms with E-state index in [0.717, 1.165) is 12.8 Å². The first-order valence-corrected chi connectivity index (χ1v) is 9.31. The number of rotatable bonds is 6. The summed E-state index contributed by atoms with van der Waals surface area (Å²) >= 11 is 0. The Morgan fingerprint density at radius 2 is 1.88 bits per heavy atom. The van der Waals surface area contributed by atoms with Crippen molar-refractivity contribution >= 4 is 17.9 Å². The molecule has 0 saturated carbocycles. The molecule has 1 heterocycles. The van der Waals surface area contributed by atoms with Gasteiger partial charge in [0, 0.05) is 32.2 Å². The van der Waals surface area contributed by atoms with Gasteiger partial charge in [-0.3, -0.25) is 9.59 Å². The van der Waals surface area contributed by atoms with Crippen molar-refractivity contribution in [3.8, 4) is 0 Å². The maximum Gasteiger partial charge on any atom is 0.410 e. The molecule has 1 fully saturated rings. The number of carbonyl (C=O) groups excluding carboxylic acids is 3. The highest BCUT2D eigenvalue weighted by atomic mass is 16.6. The summed E-state index contributed by atoms with van der Waals surface area (Å²) in [6.45, 7) is 14.7. The van der Waals surface area contributed by atoms with Crippen LogP contribution in [0.5, 0.6) is 0 Å². The predicted molar refractivity (Wildman–Crippen MR) is 101 cm³/mol. The summed E-state index contributed by atoms with van der Waals surface area (Å²) in [7, 11) is 0. The molecule has 1 unspecified atom stereocenters. The van der Waals surface area contributed by atoms with Gasteiger partial charge in [0.2, 0.25) is 11.8 Å². The van der Waals surface area contributed by atoms with Crippen molar-refractivity contribution in [1.82, 2.24) is 14.7 Å². The Hall–Kier alpha value is -2.05. The highest BCUT2D eigenvalue weighted by Crippen LogP contribution is 2.18. The van der Waals surface area contributed by atoms with Crippen molar-refractivity contribution in [3.63, 3.8) is 0 Å². The van der Waals surface area contributed by atoms with Crippen molar-refractivity contribution in [2.24, 2.45) is 0 Å². The van der Waals surface area contributed by atoms with Gasteiger partial charge in [0.05, 0.1) is 0 Å². The molecular formula is C19H33N3O4. The second-order valence-electron chi connectivity index (χ2n) is 7.51. The maximum absolute atomic E-state index is 12.7. The monoisotopic (exact) mass is 367 g/mol. The van der Waals surface area contributed by atoms with Gasteiger partial charge in [-0.2, -0.15) is 0 Å². The normalized spacial score (nSPS) is 17.7. The van der Waals surface area contributed by atoms with Gasteiger partial charge in [-0.15, -0.1) is 0 Å². The van der Waals surface area contributed by atoms with Crippen LogP contribution in [0.25, 0.3) is 0 Å². The molecule has 26 heavy (non-hydrogen) atoms. The summed E-state index contributed by atoms with van der Waals surface area (Å²) in [5.41, 5.74) is -0.545. The molecule has 0 aromatic carbocycles. The quantitative estimate of drug-likeness (QED) is 0.675. The summed E-state index contributed by atoms with van der Waals surface area (Å²) in [6.07, 6.45) is 2.58. The van der Waals surface area contributed by atoms with Crippen LogP contribution in [0.1, 0.15) is 47.5 Å². The first-order valence-electron chi connectivity index (χ1n) is 9.31. The number of nitrogens with zero attached hydrogens (tertiary/aromatic N) is 3. The van der Waals surface area contributed by atoms with E-state index in [2.05, 4.69) is 13.5 Å². The lowest BCUT2D eigenvalue weighted by molar-refractivity contribution is -0.141. The summed E-state index contributed by atoms with van der Waals surface area (Å²) in [4.78, 5) is 41.8. The lowest BCUT2D eigenvalue weighted by atomic mass is 10.1. The highest BCUT2D eigenvalue weighted by Gasteiger charge is 2.34. The predicted octanol–water partition coefficient (Wildman–Crippen LogP) is 2.27. The van der Waals surface area contributed by atoms with Crippen molar-refractivity contribution in [2.75, 3.05) is 32.7 Å². The molecule has 0 spiro atoms. The van der Waals surface area contributed by atoms with E-state index in [0.29, 0.717) is 26.2 Å². The minimum atomic E-state index is -0.545.